The average Bonchev–Trinajstić information content (AvgIpc) is 3.48. The zero-order chi connectivity index (χ0) is 21.9. The van der Waals surface area contributed by atoms with Crippen molar-refractivity contribution in [3.05, 3.63) is 97.1 Å². The molecule has 5 nitrogen and oxygen atoms in total. The summed E-state index contributed by atoms with van der Waals surface area (Å²) in [6.45, 7) is 8.72. The van der Waals surface area contributed by atoms with Gasteiger partial charge in [-0.05, 0) is 51.0 Å². The summed E-state index contributed by atoms with van der Waals surface area (Å²) in [5, 5.41) is 0. The van der Waals surface area contributed by atoms with Gasteiger partial charge in [-0.25, -0.2) is 13.6 Å². The fraction of sp³-hybridized carbons (Fsp3) is 0.250. The maximum absolute atomic E-state index is 6.20. The number of hydrogen-bond donors (Lipinski definition) is 0. The summed E-state index contributed by atoms with van der Waals surface area (Å²) >= 11 is 2.96. The highest BCUT2D eigenvalue weighted by Gasteiger charge is 2.30. The van der Waals surface area contributed by atoms with Gasteiger partial charge in [0.2, 0.25) is 0 Å². The maximum atomic E-state index is 6.20. The van der Waals surface area contributed by atoms with E-state index in [-0.39, 0.29) is 9.49 Å². The molecule has 2 aromatic carbocycles. The van der Waals surface area contributed by atoms with Gasteiger partial charge in [0.15, 0.2) is 0 Å². The maximum Gasteiger partial charge on any atom is 0.0991 e. The lowest BCUT2D eigenvalue weighted by molar-refractivity contribution is 0.644. The van der Waals surface area contributed by atoms with Crippen molar-refractivity contribution in [2.75, 3.05) is 0 Å². The first-order valence-electron chi connectivity index (χ1n) is 10.1. The van der Waals surface area contributed by atoms with Crippen LogP contribution in [0.15, 0.2) is 86.0 Å². The molecule has 7 heteroatoms. The van der Waals surface area contributed by atoms with E-state index in [0.29, 0.717) is 0 Å². The highest BCUT2D eigenvalue weighted by Crippen LogP contribution is 2.46. The zero-order valence-corrected chi connectivity index (χ0v) is 19.7. The third kappa shape index (κ3) is 4.74. The third-order valence-electron chi connectivity index (χ3n) is 5.16. The van der Waals surface area contributed by atoms with Crippen LogP contribution in [0.4, 0.5) is 0 Å². The van der Waals surface area contributed by atoms with Gasteiger partial charge >= 0.3 is 0 Å². The van der Waals surface area contributed by atoms with Gasteiger partial charge in [-0.2, -0.15) is 0 Å². The fourth-order valence-electron chi connectivity index (χ4n) is 3.50. The molecule has 0 saturated heterocycles. The van der Waals surface area contributed by atoms with Crippen LogP contribution in [0, 0.1) is 0 Å². The second kappa shape index (κ2) is 8.94. The van der Waals surface area contributed by atoms with E-state index in [4.69, 9.17) is 3.63 Å². The summed E-state index contributed by atoms with van der Waals surface area (Å²) in [5.41, 5.74) is 4.59. The molecule has 0 aliphatic heterocycles. The van der Waals surface area contributed by atoms with Crippen molar-refractivity contribution in [1.29, 1.82) is 0 Å². The van der Waals surface area contributed by atoms with E-state index in [1.165, 1.54) is 35.2 Å². The fourth-order valence-corrected chi connectivity index (χ4v) is 5.52. The quantitative estimate of drug-likeness (QED) is 0.285. The highest BCUT2D eigenvalue weighted by molar-refractivity contribution is 8.08. The first-order chi connectivity index (χ1) is 14.9. The van der Waals surface area contributed by atoms with E-state index in [1.807, 2.05) is 46.3 Å². The van der Waals surface area contributed by atoms with Crippen LogP contribution in [-0.2, 0) is 13.1 Å². The largest absolute Gasteiger partial charge is 0.306 e. The van der Waals surface area contributed by atoms with Crippen LogP contribution in [0.5, 0.6) is 0 Å². The highest BCUT2D eigenvalue weighted by atomic mass is 32.2. The Labute approximate surface area is 192 Å². The van der Waals surface area contributed by atoms with Gasteiger partial charge in [0.05, 0.1) is 33.5 Å². The Morgan fingerprint density at radius 2 is 1.10 bits per heavy atom. The molecule has 0 N–H and O–H groups in total. The van der Waals surface area contributed by atoms with Gasteiger partial charge in [0.25, 0.3) is 0 Å². The van der Waals surface area contributed by atoms with E-state index in [9.17, 15) is 0 Å². The van der Waals surface area contributed by atoms with Crippen LogP contribution in [0.25, 0.3) is 11.4 Å². The van der Waals surface area contributed by atoms with Crippen LogP contribution < -0.4 is 0 Å². The van der Waals surface area contributed by atoms with E-state index >= 15 is 0 Å². The predicted molar refractivity (Wildman–Crippen MR) is 129 cm³/mol. The Morgan fingerprint density at radius 1 is 0.677 bits per heavy atom. The van der Waals surface area contributed by atoms with Gasteiger partial charge < -0.3 is 9.13 Å². The van der Waals surface area contributed by atoms with Crippen LogP contribution in [0.3, 0.4) is 0 Å². The van der Waals surface area contributed by atoms with Crippen molar-refractivity contribution in [3.63, 3.8) is 0 Å². The lowest BCUT2D eigenvalue weighted by atomic mass is 10.00. The Hall–Kier alpha value is -2.48. The molecular weight excluding hydrogens is 424 g/mol. The molecule has 0 spiro atoms. The third-order valence-corrected chi connectivity index (χ3v) is 6.97. The molecule has 31 heavy (non-hydrogen) atoms. The summed E-state index contributed by atoms with van der Waals surface area (Å²) in [4.78, 5) is 8.39. The number of rotatable bonds is 8. The molecule has 4 rings (SSSR count). The monoisotopic (exact) mass is 450 g/mol. The van der Waals surface area contributed by atoms with Crippen molar-refractivity contribution >= 4 is 24.1 Å². The van der Waals surface area contributed by atoms with Crippen LogP contribution in [0.1, 0.15) is 38.8 Å². The summed E-state index contributed by atoms with van der Waals surface area (Å²) in [5.74, 6) is 0. The van der Waals surface area contributed by atoms with Gasteiger partial charge in [0.1, 0.15) is 0 Å². The summed E-state index contributed by atoms with van der Waals surface area (Å²) in [7, 11) is 0. The molecule has 2 heterocycles. The minimum atomic E-state index is -0.256. The molecule has 0 unspecified atom stereocenters. The zero-order valence-electron chi connectivity index (χ0n) is 18.1. The molecular formula is C24H26N4OS2. The predicted octanol–water partition coefficient (Wildman–Crippen LogP) is 6.54. The van der Waals surface area contributed by atoms with Gasteiger partial charge in [-0.1, -0.05) is 36.4 Å². The Morgan fingerprint density at radius 3 is 1.48 bits per heavy atom. The molecule has 0 saturated carbocycles. The smallest absolute Gasteiger partial charge is 0.0991 e. The minimum Gasteiger partial charge on any atom is -0.306 e. The molecule has 0 radical (unpaired) electrons. The van der Waals surface area contributed by atoms with E-state index in [0.717, 1.165) is 11.4 Å². The molecule has 0 amide bonds. The second-order valence-electron chi connectivity index (χ2n) is 8.23. The van der Waals surface area contributed by atoms with Crippen LogP contribution in [0.2, 0.25) is 0 Å². The summed E-state index contributed by atoms with van der Waals surface area (Å²) in [6.07, 6.45) is 11.2. The SMILES string of the molecule is CC(C)(SOSC(C)(C)c1ccccc1-n1ccnc1)c1ccccc1-n1ccnc1. The van der Waals surface area contributed by atoms with Gasteiger partial charge in [-0.15, -0.1) is 0 Å². The minimum absolute atomic E-state index is 0.256. The number of hydrogen-bond acceptors (Lipinski definition) is 5. The Bertz CT molecular complexity index is 1030. The van der Waals surface area contributed by atoms with Crippen LogP contribution >= 0.6 is 24.1 Å². The van der Waals surface area contributed by atoms with E-state index in [1.54, 1.807) is 12.4 Å². The standard InChI is InChI=1S/C24H26N4OS2/c1-23(2,19-9-5-7-11-21(19)27-15-13-25-17-27)30-29-31-24(3,4)20-10-6-8-12-22(20)28-16-14-26-18-28/h5-18H,1-4H3. The first kappa shape index (κ1) is 21.7. The van der Waals surface area contributed by atoms with Crippen molar-refractivity contribution in [3.8, 4) is 11.4 Å². The topological polar surface area (TPSA) is 44.9 Å². The molecule has 0 aliphatic rings. The summed E-state index contributed by atoms with van der Waals surface area (Å²) < 4.78 is 9.76. The Balaban J connectivity index is 1.51. The molecule has 2 aromatic heterocycles. The number of para-hydroxylation sites is 2. The average molecular weight is 451 g/mol. The molecule has 0 atom stereocenters. The van der Waals surface area contributed by atoms with Crippen molar-refractivity contribution < 1.29 is 3.63 Å². The van der Waals surface area contributed by atoms with Gasteiger partial charge in [-0.3, -0.25) is 0 Å². The Kier molecular flexibility index (Phi) is 6.27. The molecule has 160 valence electrons. The van der Waals surface area contributed by atoms with Crippen molar-refractivity contribution in [2.45, 2.75) is 37.2 Å². The normalized spacial score (nSPS) is 12.3. The lowest BCUT2D eigenvalue weighted by Crippen LogP contribution is -2.18. The molecule has 4 aromatic rings. The van der Waals surface area contributed by atoms with Crippen molar-refractivity contribution in [1.82, 2.24) is 19.1 Å². The van der Waals surface area contributed by atoms with E-state index in [2.05, 4.69) is 74.1 Å². The van der Waals surface area contributed by atoms with Gasteiger partial charge in [0, 0.05) is 48.9 Å². The first-order valence-corrected chi connectivity index (χ1v) is 11.6. The second-order valence-corrected chi connectivity index (χ2v) is 11.1. The number of imidazole rings is 2. The lowest BCUT2D eigenvalue weighted by Gasteiger charge is -2.29. The van der Waals surface area contributed by atoms with E-state index < -0.39 is 0 Å². The molecule has 0 fully saturated rings. The molecule has 0 bridgehead atoms. The number of aromatic nitrogens is 4. The molecule has 0 aliphatic carbocycles. The van der Waals surface area contributed by atoms with Crippen molar-refractivity contribution in [2.24, 2.45) is 0 Å². The summed E-state index contributed by atoms with van der Waals surface area (Å²) in [6, 6.07) is 16.7. The van der Waals surface area contributed by atoms with Crippen LogP contribution in [-0.4, -0.2) is 19.1 Å². The number of benzene rings is 2. The number of nitrogens with zero attached hydrogens (tertiary/aromatic N) is 4.